The van der Waals surface area contributed by atoms with E-state index in [4.69, 9.17) is 0 Å². The molecule has 2 N–H and O–H groups in total. The van der Waals surface area contributed by atoms with Crippen molar-refractivity contribution in [1.29, 1.82) is 0 Å². The van der Waals surface area contributed by atoms with E-state index in [1.54, 1.807) is 6.07 Å². The molecule has 0 saturated carbocycles. The van der Waals surface area contributed by atoms with Crippen LogP contribution in [0.3, 0.4) is 0 Å². The quantitative estimate of drug-likeness (QED) is 0.718. The largest absolute Gasteiger partial charge is 0.318 e. The van der Waals surface area contributed by atoms with Gasteiger partial charge in [0.05, 0.1) is 11.2 Å². The minimum Gasteiger partial charge on any atom is -0.318 e. The summed E-state index contributed by atoms with van der Waals surface area (Å²) in [5.41, 5.74) is 2.32. The summed E-state index contributed by atoms with van der Waals surface area (Å²) in [5, 5.41) is 16.5. The van der Waals surface area contributed by atoms with Crippen LogP contribution in [0.2, 0.25) is 0 Å². The SMILES string of the molecule is Cc1cc(NC(=O)c2nn[nH]n2)c2ccccc2n1. The molecule has 0 unspecified atom stereocenters. The maximum atomic E-state index is 11.9. The normalized spacial score (nSPS) is 10.6. The van der Waals surface area contributed by atoms with Crippen LogP contribution in [-0.4, -0.2) is 31.5 Å². The molecule has 0 atom stereocenters. The average Bonchev–Trinajstić information content (AvgIpc) is 2.92. The van der Waals surface area contributed by atoms with Gasteiger partial charge in [-0.3, -0.25) is 9.78 Å². The summed E-state index contributed by atoms with van der Waals surface area (Å²) in [6.45, 7) is 1.87. The number of anilines is 1. The van der Waals surface area contributed by atoms with E-state index in [-0.39, 0.29) is 5.82 Å². The molecule has 7 nitrogen and oxygen atoms in total. The number of para-hydroxylation sites is 1. The Kier molecular flexibility index (Phi) is 2.64. The average molecular weight is 254 g/mol. The molecular formula is C12H10N6O. The Morgan fingerprint density at radius 2 is 2.16 bits per heavy atom. The van der Waals surface area contributed by atoms with Crippen molar-refractivity contribution in [3.63, 3.8) is 0 Å². The van der Waals surface area contributed by atoms with E-state index in [1.807, 2.05) is 31.2 Å². The first-order valence-corrected chi connectivity index (χ1v) is 5.65. The minimum atomic E-state index is -0.412. The number of nitrogens with one attached hydrogen (secondary N) is 2. The molecule has 1 amide bonds. The van der Waals surface area contributed by atoms with Gasteiger partial charge in [0.1, 0.15) is 0 Å². The highest BCUT2D eigenvalue weighted by atomic mass is 16.2. The summed E-state index contributed by atoms with van der Waals surface area (Å²) in [4.78, 5) is 16.3. The fourth-order valence-corrected chi connectivity index (χ4v) is 1.85. The van der Waals surface area contributed by atoms with Crippen LogP contribution in [-0.2, 0) is 0 Å². The van der Waals surface area contributed by atoms with Gasteiger partial charge in [-0.25, -0.2) is 0 Å². The molecule has 19 heavy (non-hydrogen) atoms. The summed E-state index contributed by atoms with van der Waals surface area (Å²) in [6, 6.07) is 9.39. The highest BCUT2D eigenvalue weighted by Crippen LogP contribution is 2.23. The first-order chi connectivity index (χ1) is 9.24. The Hall–Kier alpha value is -2.83. The van der Waals surface area contributed by atoms with E-state index in [0.29, 0.717) is 5.69 Å². The number of aromatic amines is 1. The highest BCUT2D eigenvalue weighted by molar-refractivity contribution is 6.06. The van der Waals surface area contributed by atoms with Crippen molar-refractivity contribution in [2.45, 2.75) is 6.92 Å². The fraction of sp³-hybridized carbons (Fsp3) is 0.0833. The Labute approximate surface area is 108 Å². The number of benzene rings is 1. The number of amides is 1. The zero-order valence-corrected chi connectivity index (χ0v) is 10.1. The molecule has 2 heterocycles. The predicted molar refractivity (Wildman–Crippen MR) is 68.6 cm³/mol. The van der Waals surface area contributed by atoms with E-state index in [1.165, 1.54) is 0 Å². The van der Waals surface area contributed by atoms with Crippen molar-refractivity contribution in [2.75, 3.05) is 5.32 Å². The van der Waals surface area contributed by atoms with Crippen LogP contribution in [0.5, 0.6) is 0 Å². The standard InChI is InChI=1S/C12H10N6O/c1-7-6-10(8-4-2-3-5-9(8)13-7)14-12(19)11-15-17-18-16-11/h2-6H,1H3,(H,13,14,19)(H,15,16,17,18). The Bertz CT molecular complexity index is 737. The lowest BCUT2D eigenvalue weighted by molar-refractivity contribution is 0.101. The molecule has 0 saturated heterocycles. The molecule has 2 aromatic heterocycles. The van der Waals surface area contributed by atoms with Gasteiger partial charge in [0, 0.05) is 11.1 Å². The summed E-state index contributed by atoms with van der Waals surface area (Å²) in [7, 11) is 0. The summed E-state index contributed by atoms with van der Waals surface area (Å²) in [5.74, 6) is -0.414. The van der Waals surface area contributed by atoms with Crippen LogP contribution >= 0.6 is 0 Å². The maximum Gasteiger partial charge on any atom is 0.297 e. The molecule has 0 radical (unpaired) electrons. The molecule has 0 bridgehead atoms. The predicted octanol–water partition coefficient (Wildman–Crippen LogP) is 1.31. The van der Waals surface area contributed by atoms with E-state index >= 15 is 0 Å². The van der Waals surface area contributed by atoms with Gasteiger partial charge >= 0.3 is 0 Å². The van der Waals surface area contributed by atoms with E-state index in [9.17, 15) is 4.79 Å². The first kappa shape index (κ1) is 11.3. The van der Waals surface area contributed by atoms with Crippen LogP contribution in [0, 0.1) is 6.92 Å². The van der Waals surface area contributed by atoms with Crippen LogP contribution in [0.1, 0.15) is 16.3 Å². The van der Waals surface area contributed by atoms with Crippen molar-refractivity contribution in [3.8, 4) is 0 Å². The van der Waals surface area contributed by atoms with Crippen molar-refractivity contribution < 1.29 is 4.79 Å². The molecule has 0 fully saturated rings. The number of aromatic nitrogens is 5. The second-order valence-electron chi connectivity index (χ2n) is 4.02. The van der Waals surface area contributed by atoms with Crippen LogP contribution in [0.15, 0.2) is 30.3 Å². The maximum absolute atomic E-state index is 11.9. The molecule has 1 aromatic carbocycles. The number of carbonyl (C=O) groups excluding carboxylic acids is 1. The van der Waals surface area contributed by atoms with Gasteiger partial charge in [0.15, 0.2) is 0 Å². The number of nitrogens with zero attached hydrogens (tertiary/aromatic N) is 4. The van der Waals surface area contributed by atoms with Gasteiger partial charge < -0.3 is 5.32 Å². The summed E-state index contributed by atoms with van der Waals surface area (Å²) in [6.07, 6.45) is 0. The molecule has 0 aliphatic carbocycles. The Balaban J connectivity index is 2.03. The lowest BCUT2D eigenvalue weighted by Gasteiger charge is -2.08. The number of carbonyl (C=O) groups is 1. The fourth-order valence-electron chi connectivity index (χ4n) is 1.85. The topological polar surface area (TPSA) is 96.5 Å². The number of rotatable bonds is 2. The molecule has 0 aliphatic rings. The van der Waals surface area contributed by atoms with Gasteiger partial charge in [0.25, 0.3) is 11.7 Å². The zero-order chi connectivity index (χ0) is 13.2. The van der Waals surface area contributed by atoms with Crippen LogP contribution < -0.4 is 5.32 Å². The molecule has 94 valence electrons. The third kappa shape index (κ3) is 2.13. The number of hydrogen-bond donors (Lipinski definition) is 2. The lowest BCUT2D eigenvalue weighted by atomic mass is 10.1. The molecule has 7 heteroatoms. The molecule has 3 aromatic rings. The number of aryl methyl sites for hydroxylation is 1. The number of tetrazole rings is 1. The lowest BCUT2D eigenvalue weighted by Crippen LogP contribution is -2.14. The van der Waals surface area contributed by atoms with E-state index in [2.05, 4.69) is 30.9 Å². The Morgan fingerprint density at radius 1 is 1.32 bits per heavy atom. The van der Waals surface area contributed by atoms with Crippen molar-refractivity contribution in [2.24, 2.45) is 0 Å². The van der Waals surface area contributed by atoms with Crippen molar-refractivity contribution in [1.82, 2.24) is 25.6 Å². The van der Waals surface area contributed by atoms with Gasteiger partial charge in [0.2, 0.25) is 0 Å². The summed E-state index contributed by atoms with van der Waals surface area (Å²) >= 11 is 0. The first-order valence-electron chi connectivity index (χ1n) is 5.65. The van der Waals surface area contributed by atoms with Gasteiger partial charge in [-0.1, -0.05) is 18.2 Å². The Morgan fingerprint density at radius 3 is 2.95 bits per heavy atom. The molecule has 0 aliphatic heterocycles. The third-order valence-electron chi connectivity index (χ3n) is 2.64. The number of fused-ring (bicyclic) bond motifs is 1. The molecule has 3 rings (SSSR count). The number of H-pyrrole nitrogens is 1. The second kappa shape index (κ2) is 4.45. The van der Waals surface area contributed by atoms with Crippen LogP contribution in [0.25, 0.3) is 10.9 Å². The van der Waals surface area contributed by atoms with Gasteiger partial charge in [-0.2, -0.15) is 5.21 Å². The smallest absolute Gasteiger partial charge is 0.297 e. The van der Waals surface area contributed by atoms with Crippen molar-refractivity contribution >= 4 is 22.5 Å². The molecular weight excluding hydrogens is 244 g/mol. The number of pyridine rings is 1. The zero-order valence-electron chi connectivity index (χ0n) is 10.1. The summed E-state index contributed by atoms with van der Waals surface area (Å²) < 4.78 is 0. The monoisotopic (exact) mass is 254 g/mol. The third-order valence-corrected chi connectivity index (χ3v) is 2.64. The minimum absolute atomic E-state index is 0.00135. The van der Waals surface area contributed by atoms with Gasteiger partial charge in [-0.15, -0.1) is 10.2 Å². The number of hydrogen-bond acceptors (Lipinski definition) is 5. The van der Waals surface area contributed by atoms with Crippen LogP contribution in [0.4, 0.5) is 5.69 Å². The van der Waals surface area contributed by atoms with Crippen molar-refractivity contribution in [3.05, 3.63) is 41.9 Å². The molecule has 0 spiro atoms. The highest BCUT2D eigenvalue weighted by Gasteiger charge is 2.13. The van der Waals surface area contributed by atoms with E-state index < -0.39 is 5.91 Å². The van der Waals surface area contributed by atoms with Gasteiger partial charge in [-0.05, 0) is 24.3 Å². The second-order valence-corrected chi connectivity index (χ2v) is 4.02. The van der Waals surface area contributed by atoms with E-state index in [0.717, 1.165) is 16.6 Å².